The zero-order valence-corrected chi connectivity index (χ0v) is 16.1. The van der Waals surface area contributed by atoms with Crippen molar-refractivity contribution in [2.75, 3.05) is 10.6 Å². The molecule has 6 nitrogen and oxygen atoms in total. The Morgan fingerprint density at radius 3 is 2.31 bits per heavy atom. The summed E-state index contributed by atoms with van der Waals surface area (Å²) in [7, 11) is 0. The number of hydrogen-bond donors (Lipinski definition) is 3. The van der Waals surface area contributed by atoms with Gasteiger partial charge in [0.1, 0.15) is 0 Å². The molecule has 3 aromatic carbocycles. The fourth-order valence-corrected chi connectivity index (χ4v) is 3.22. The molecule has 0 saturated carbocycles. The molecule has 0 bridgehead atoms. The van der Waals surface area contributed by atoms with Crippen molar-refractivity contribution in [2.24, 2.45) is 0 Å². The highest BCUT2D eigenvalue weighted by atomic mass is 16.2. The Hall–Kier alpha value is -3.93. The molecule has 0 aliphatic carbocycles. The van der Waals surface area contributed by atoms with Crippen molar-refractivity contribution in [3.8, 4) is 0 Å². The molecule has 0 spiro atoms. The molecule has 0 saturated heterocycles. The number of nitrogens with zero attached hydrogens (tertiary/aromatic N) is 1. The summed E-state index contributed by atoms with van der Waals surface area (Å²) in [4.78, 5) is 32.4. The van der Waals surface area contributed by atoms with Crippen LogP contribution in [-0.2, 0) is 0 Å². The second-order valence-electron chi connectivity index (χ2n) is 6.89. The highest BCUT2D eigenvalue weighted by Gasteiger charge is 2.12. The van der Waals surface area contributed by atoms with E-state index >= 15 is 0 Å². The van der Waals surface area contributed by atoms with Gasteiger partial charge in [0.25, 0.3) is 11.8 Å². The summed E-state index contributed by atoms with van der Waals surface area (Å²) in [5.41, 5.74) is 5.91. The minimum absolute atomic E-state index is 0.225. The van der Waals surface area contributed by atoms with Gasteiger partial charge in [-0.2, -0.15) is 0 Å². The lowest BCUT2D eigenvalue weighted by Crippen LogP contribution is -2.15. The Kier molecular flexibility index (Phi) is 4.83. The van der Waals surface area contributed by atoms with E-state index in [2.05, 4.69) is 20.6 Å². The molecule has 1 heterocycles. The minimum atomic E-state index is -0.256. The van der Waals surface area contributed by atoms with E-state index in [4.69, 9.17) is 0 Å². The van der Waals surface area contributed by atoms with Crippen LogP contribution in [0.3, 0.4) is 0 Å². The summed E-state index contributed by atoms with van der Waals surface area (Å²) in [5.74, 6) is -0.480. The van der Waals surface area contributed by atoms with E-state index in [-0.39, 0.29) is 11.8 Å². The number of hydrogen-bond acceptors (Lipinski definition) is 3. The van der Waals surface area contributed by atoms with Crippen LogP contribution in [0.1, 0.15) is 31.8 Å². The van der Waals surface area contributed by atoms with Crippen molar-refractivity contribution < 1.29 is 9.59 Å². The maximum atomic E-state index is 12.7. The molecule has 0 unspecified atom stereocenters. The van der Waals surface area contributed by atoms with E-state index in [1.165, 1.54) is 0 Å². The monoisotopic (exact) mass is 384 g/mol. The van der Waals surface area contributed by atoms with Crippen LogP contribution in [0.25, 0.3) is 11.0 Å². The van der Waals surface area contributed by atoms with Crippen LogP contribution in [0.15, 0.2) is 67.0 Å². The number of aromatic amines is 1. The van der Waals surface area contributed by atoms with Gasteiger partial charge in [-0.15, -0.1) is 0 Å². The zero-order valence-electron chi connectivity index (χ0n) is 16.1. The Balaban J connectivity index is 1.52. The second kappa shape index (κ2) is 7.59. The number of imidazole rings is 1. The Morgan fingerprint density at radius 1 is 0.828 bits per heavy atom. The number of anilines is 2. The lowest BCUT2D eigenvalue weighted by molar-refractivity contribution is 0.101. The maximum Gasteiger partial charge on any atom is 0.255 e. The Bertz CT molecular complexity index is 1210. The topological polar surface area (TPSA) is 86.9 Å². The molecule has 144 valence electrons. The number of amides is 2. The van der Waals surface area contributed by atoms with Crippen molar-refractivity contribution in [1.82, 2.24) is 9.97 Å². The molecular weight excluding hydrogens is 364 g/mol. The van der Waals surface area contributed by atoms with E-state index in [1.807, 2.05) is 32.0 Å². The van der Waals surface area contributed by atoms with Gasteiger partial charge in [0, 0.05) is 22.5 Å². The fourth-order valence-electron chi connectivity index (χ4n) is 3.22. The van der Waals surface area contributed by atoms with Gasteiger partial charge >= 0.3 is 0 Å². The van der Waals surface area contributed by atoms with E-state index in [0.29, 0.717) is 16.8 Å². The first-order valence-electron chi connectivity index (χ1n) is 9.23. The first-order chi connectivity index (χ1) is 14.0. The highest BCUT2D eigenvalue weighted by molar-refractivity contribution is 6.08. The number of aromatic nitrogens is 2. The van der Waals surface area contributed by atoms with Gasteiger partial charge in [-0.1, -0.05) is 24.3 Å². The third kappa shape index (κ3) is 3.87. The molecule has 0 radical (unpaired) electrons. The van der Waals surface area contributed by atoms with Crippen molar-refractivity contribution >= 4 is 34.2 Å². The lowest BCUT2D eigenvalue weighted by atomic mass is 10.1. The van der Waals surface area contributed by atoms with Crippen molar-refractivity contribution in [1.29, 1.82) is 0 Å². The molecule has 0 aliphatic rings. The van der Waals surface area contributed by atoms with Crippen LogP contribution in [0, 0.1) is 13.8 Å². The standard InChI is InChI=1S/C23H20N4O2/c1-14-5-3-6-15(2)21(14)27-23(29)16-7-4-8-18(11-16)26-22(28)17-9-10-19-20(12-17)25-13-24-19/h3-13H,1-2H3,(H,24,25)(H,26,28)(H,27,29). The van der Waals surface area contributed by atoms with Gasteiger partial charge in [-0.05, 0) is 61.4 Å². The maximum absolute atomic E-state index is 12.7. The molecule has 4 rings (SSSR count). The molecule has 0 aliphatic heterocycles. The van der Waals surface area contributed by atoms with Gasteiger partial charge in [-0.3, -0.25) is 9.59 Å². The first-order valence-corrected chi connectivity index (χ1v) is 9.23. The number of nitrogens with one attached hydrogen (secondary N) is 3. The number of fused-ring (bicyclic) bond motifs is 1. The second-order valence-corrected chi connectivity index (χ2v) is 6.89. The summed E-state index contributed by atoms with van der Waals surface area (Å²) < 4.78 is 0. The number of carbonyl (C=O) groups excluding carboxylic acids is 2. The molecule has 29 heavy (non-hydrogen) atoms. The molecule has 6 heteroatoms. The average molecular weight is 384 g/mol. The third-order valence-corrected chi connectivity index (χ3v) is 4.78. The van der Waals surface area contributed by atoms with Gasteiger partial charge in [-0.25, -0.2) is 4.98 Å². The SMILES string of the molecule is Cc1cccc(C)c1NC(=O)c1cccc(NC(=O)c2ccc3nc[nH]c3c2)c1. The summed E-state index contributed by atoms with van der Waals surface area (Å²) >= 11 is 0. The first kappa shape index (κ1) is 18.4. The van der Waals surface area contributed by atoms with Crippen LogP contribution in [-0.4, -0.2) is 21.8 Å². The third-order valence-electron chi connectivity index (χ3n) is 4.78. The summed E-state index contributed by atoms with van der Waals surface area (Å²) in [6.07, 6.45) is 1.59. The average Bonchev–Trinajstić information content (AvgIpc) is 3.19. The van der Waals surface area contributed by atoms with E-state index in [1.54, 1.807) is 48.8 Å². The Labute approximate surface area is 168 Å². The quantitative estimate of drug-likeness (QED) is 0.477. The van der Waals surface area contributed by atoms with E-state index in [0.717, 1.165) is 27.8 Å². The van der Waals surface area contributed by atoms with Gasteiger partial charge < -0.3 is 15.6 Å². The molecule has 0 fully saturated rings. The van der Waals surface area contributed by atoms with Crippen LogP contribution >= 0.6 is 0 Å². The predicted octanol–water partition coefficient (Wildman–Crippen LogP) is 4.68. The van der Waals surface area contributed by atoms with Crippen LogP contribution in [0.2, 0.25) is 0 Å². The smallest absolute Gasteiger partial charge is 0.255 e. The van der Waals surface area contributed by atoms with Crippen molar-refractivity contribution in [2.45, 2.75) is 13.8 Å². The predicted molar refractivity (Wildman–Crippen MR) is 114 cm³/mol. The van der Waals surface area contributed by atoms with E-state index < -0.39 is 0 Å². The molecular formula is C23H20N4O2. The number of H-pyrrole nitrogens is 1. The normalized spacial score (nSPS) is 10.7. The van der Waals surface area contributed by atoms with Crippen molar-refractivity contribution in [3.05, 3.63) is 89.2 Å². The van der Waals surface area contributed by atoms with Crippen LogP contribution in [0.4, 0.5) is 11.4 Å². The Morgan fingerprint density at radius 2 is 1.52 bits per heavy atom. The number of aryl methyl sites for hydroxylation is 2. The molecule has 4 aromatic rings. The summed E-state index contributed by atoms with van der Waals surface area (Å²) in [6.45, 7) is 3.91. The van der Waals surface area contributed by atoms with Crippen LogP contribution < -0.4 is 10.6 Å². The molecule has 2 amide bonds. The minimum Gasteiger partial charge on any atom is -0.345 e. The molecule has 3 N–H and O–H groups in total. The highest BCUT2D eigenvalue weighted by Crippen LogP contribution is 2.21. The van der Waals surface area contributed by atoms with Crippen LogP contribution in [0.5, 0.6) is 0 Å². The molecule has 0 atom stereocenters. The number of carbonyl (C=O) groups is 2. The summed E-state index contributed by atoms with van der Waals surface area (Å²) in [6, 6.07) is 18.0. The lowest BCUT2D eigenvalue weighted by Gasteiger charge is -2.12. The van der Waals surface area contributed by atoms with Gasteiger partial charge in [0.15, 0.2) is 0 Å². The van der Waals surface area contributed by atoms with Gasteiger partial charge in [0.05, 0.1) is 17.4 Å². The molecule has 1 aromatic heterocycles. The van der Waals surface area contributed by atoms with Crippen molar-refractivity contribution in [3.63, 3.8) is 0 Å². The largest absolute Gasteiger partial charge is 0.345 e. The fraction of sp³-hybridized carbons (Fsp3) is 0.0870. The van der Waals surface area contributed by atoms with E-state index in [9.17, 15) is 9.59 Å². The number of benzene rings is 3. The number of para-hydroxylation sites is 1. The number of rotatable bonds is 4. The van der Waals surface area contributed by atoms with Gasteiger partial charge in [0.2, 0.25) is 0 Å². The zero-order chi connectivity index (χ0) is 20.4. The summed E-state index contributed by atoms with van der Waals surface area (Å²) in [5, 5.41) is 5.81.